The van der Waals surface area contributed by atoms with Crippen LogP contribution in [-0.2, 0) is 6.42 Å². The fourth-order valence-electron chi connectivity index (χ4n) is 2.94. The van der Waals surface area contributed by atoms with Gasteiger partial charge in [0.05, 0.1) is 14.2 Å². The molecule has 2 N–H and O–H groups in total. The highest BCUT2D eigenvalue weighted by Crippen LogP contribution is 2.29. The zero-order valence-corrected chi connectivity index (χ0v) is 16.4. The summed E-state index contributed by atoms with van der Waals surface area (Å²) >= 11 is 0. The highest BCUT2D eigenvalue weighted by molar-refractivity contribution is 6.08. The van der Waals surface area contributed by atoms with Crippen LogP contribution in [0.1, 0.15) is 15.9 Å². The van der Waals surface area contributed by atoms with Gasteiger partial charge in [-0.15, -0.1) is 0 Å². The first kappa shape index (κ1) is 20.2. The lowest BCUT2D eigenvalue weighted by atomic mass is 10.1. The number of hydrogen-bond acceptors (Lipinski definition) is 4. The Kier molecular flexibility index (Phi) is 6.68. The van der Waals surface area contributed by atoms with E-state index in [1.807, 2.05) is 24.3 Å². The van der Waals surface area contributed by atoms with Gasteiger partial charge in [-0.2, -0.15) is 0 Å². The lowest BCUT2D eigenvalue weighted by Crippen LogP contribution is -2.14. The third-order valence-corrected chi connectivity index (χ3v) is 4.45. The largest absolute Gasteiger partial charge is 0.496 e. The molecule has 6 heteroatoms. The molecule has 0 aliphatic heterocycles. The van der Waals surface area contributed by atoms with Crippen LogP contribution in [0.25, 0.3) is 0 Å². The summed E-state index contributed by atoms with van der Waals surface area (Å²) in [6.07, 6.45) is 0.784. The summed E-state index contributed by atoms with van der Waals surface area (Å²) in [6.45, 7) is 0.718. The number of benzene rings is 3. The van der Waals surface area contributed by atoms with Gasteiger partial charge in [-0.3, -0.25) is 4.79 Å². The van der Waals surface area contributed by atoms with E-state index in [4.69, 9.17) is 9.47 Å². The first-order chi connectivity index (χ1) is 14.1. The molecule has 0 fully saturated rings. The van der Waals surface area contributed by atoms with Crippen molar-refractivity contribution in [1.82, 2.24) is 0 Å². The Morgan fingerprint density at radius 3 is 2.03 bits per heavy atom. The van der Waals surface area contributed by atoms with Crippen LogP contribution >= 0.6 is 0 Å². The van der Waals surface area contributed by atoms with Crippen molar-refractivity contribution in [2.45, 2.75) is 6.42 Å². The maximum atomic E-state index is 12.9. The fourth-order valence-corrected chi connectivity index (χ4v) is 2.94. The number of carbonyl (C=O) groups is 1. The number of anilines is 2. The molecule has 0 unspecified atom stereocenters. The van der Waals surface area contributed by atoms with Crippen molar-refractivity contribution in [1.29, 1.82) is 0 Å². The van der Waals surface area contributed by atoms with Gasteiger partial charge in [0.2, 0.25) is 0 Å². The molecule has 0 aliphatic carbocycles. The molecule has 5 nitrogen and oxygen atoms in total. The summed E-state index contributed by atoms with van der Waals surface area (Å²) in [4.78, 5) is 12.7. The van der Waals surface area contributed by atoms with Gasteiger partial charge in [0.15, 0.2) is 0 Å². The molecule has 0 heterocycles. The predicted molar refractivity (Wildman–Crippen MR) is 113 cm³/mol. The summed E-state index contributed by atoms with van der Waals surface area (Å²) in [7, 11) is 3.02. The van der Waals surface area contributed by atoms with Crippen LogP contribution in [0, 0.1) is 5.82 Å². The molecular formula is C23H23FN2O3. The maximum Gasteiger partial charge on any atom is 0.263 e. The fraction of sp³-hybridized carbons (Fsp3) is 0.174. The van der Waals surface area contributed by atoms with Gasteiger partial charge >= 0.3 is 0 Å². The number of rotatable bonds is 8. The molecule has 3 rings (SSSR count). The van der Waals surface area contributed by atoms with Crippen molar-refractivity contribution >= 4 is 17.3 Å². The topological polar surface area (TPSA) is 59.6 Å². The van der Waals surface area contributed by atoms with Crippen molar-refractivity contribution < 1.29 is 18.7 Å². The van der Waals surface area contributed by atoms with Crippen LogP contribution in [-0.4, -0.2) is 26.7 Å². The molecule has 29 heavy (non-hydrogen) atoms. The zero-order chi connectivity index (χ0) is 20.6. The zero-order valence-electron chi connectivity index (χ0n) is 16.4. The number of amides is 1. The molecular weight excluding hydrogens is 371 g/mol. The standard InChI is InChI=1S/C23H23FN2O3/c1-28-20-4-3-5-21(29-2)22(20)23(27)26-19-12-10-18(11-13-19)25-15-14-16-6-8-17(24)9-7-16/h3-13,25H,14-15H2,1-2H3,(H,26,27). The second-order valence-corrected chi connectivity index (χ2v) is 6.37. The van der Waals surface area contributed by atoms with E-state index >= 15 is 0 Å². The molecule has 0 saturated carbocycles. The van der Waals surface area contributed by atoms with Crippen molar-refractivity contribution in [3.63, 3.8) is 0 Å². The molecule has 0 atom stereocenters. The summed E-state index contributed by atoms with van der Waals surface area (Å²) in [6, 6.07) is 19.1. The molecule has 150 valence electrons. The van der Waals surface area contributed by atoms with Gasteiger partial charge in [-0.25, -0.2) is 4.39 Å². The predicted octanol–water partition coefficient (Wildman–Crippen LogP) is 4.75. The minimum Gasteiger partial charge on any atom is -0.496 e. The monoisotopic (exact) mass is 394 g/mol. The number of carbonyl (C=O) groups excluding carboxylic acids is 1. The van der Waals surface area contributed by atoms with Gasteiger partial charge in [0.25, 0.3) is 5.91 Å². The van der Waals surface area contributed by atoms with E-state index in [1.54, 1.807) is 30.3 Å². The number of halogens is 1. The van der Waals surface area contributed by atoms with Gasteiger partial charge < -0.3 is 20.1 Å². The highest BCUT2D eigenvalue weighted by Gasteiger charge is 2.18. The molecule has 0 bridgehead atoms. The van der Waals surface area contributed by atoms with Crippen LogP contribution in [0.5, 0.6) is 11.5 Å². The summed E-state index contributed by atoms with van der Waals surface area (Å²) in [5, 5.41) is 6.17. The number of ether oxygens (including phenoxy) is 2. The second kappa shape index (κ2) is 9.59. The van der Waals surface area contributed by atoms with Gasteiger partial charge in [-0.05, 0) is 60.5 Å². The van der Waals surface area contributed by atoms with E-state index in [-0.39, 0.29) is 11.7 Å². The first-order valence-corrected chi connectivity index (χ1v) is 9.21. The van der Waals surface area contributed by atoms with E-state index < -0.39 is 0 Å². The van der Waals surface area contributed by atoms with Crippen molar-refractivity contribution in [2.75, 3.05) is 31.4 Å². The van der Waals surface area contributed by atoms with E-state index in [9.17, 15) is 9.18 Å². The molecule has 0 aromatic heterocycles. The molecule has 0 spiro atoms. The highest BCUT2D eigenvalue weighted by atomic mass is 19.1. The Labute approximate surface area is 169 Å². The van der Waals surface area contributed by atoms with Crippen LogP contribution < -0.4 is 20.1 Å². The average Bonchev–Trinajstić information content (AvgIpc) is 2.75. The Morgan fingerprint density at radius 1 is 0.862 bits per heavy atom. The van der Waals surface area contributed by atoms with Crippen LogP contribution in [0.4, 0.5) is 15.8 Å². The second-order valence-electron chi connectivity index (χ2n) is 6.37. The van der Waals surface area contributed by atoms with Gasteiger partial charge in [0, 0.05) is 17.9 Å². The quantitative estimate of drug-likeness (QED) is 0.579. The average molecular weight is 394 g/mol. The lowest BCUT2D eigenvalue weighted by molar-refractivity contribution is 0.102. The van der Waals surface area contributed by atoms with E-state index in [0.717, 1.165) is 24.2 Å². The summed E-state index contributed by atoms with van der Waals surface area (Å²) < 4.78 is 23.5. The van der Waals surface area contributed by atoms with Crippen LogP contribution in [0.2, 0.25) is 0 Å². The van der Waals surface area contributed by atoms with E-state index in [2.05, 4.69) is 10.6 Å². The minimum atomic E-state index is -0.309. The minimum absolute atomic E-state index is 0.231. The Bertz CT molecular complexity index is 935. The molecule has 0 radical (unpaired) electrons. The SMILES string of the molecule is COc1cccc(OC)c1C(=O)Nc1ccc(NCCc2ccc(F)cc2)cc1. The summed E-state index contributed by atoms with van der Waals surface area (Å²) in [5.74, 6) is 0.350. The van der Waals surface area contributed by atoms with E-state index in [0.29, 0.717) is 22.7 Å². The smallest absolute Gasteiger partial charge is 0.263 e. The van der Waals surface area contributed by atoms with Crippen molar-refractivity contribution in [3.8, 4) is 11.5 Å². The van der Waals surface area contributed by atoms with Gasteiger partial charge in [-0.1, -0.05) is 18.2 Å². The number of hydrogen-bond donors (Lipinski definition) is 2. The Hall–Kier alpha value is -3.54. The van der Waals surface area contributed by atoms with Crippen molar-refractivity contribution in [2.24, 2.45) is 0 Å². The normalized spacial score (nSPS) is 10.3. The molecule has 3 aromatic carbocycles. The maximum absolute atomic E-state index is 12.9. The molecule has 0 aliphatic rings. The molecule has 1 amide bonds. The Morgan fingerprint density at radius 2 is 1.45 bits per heavy atom. The Balaban J connectivity index is 1.59. The third kappa shape index (κ3) is 5.25. The molecule has 3 aromatic rings. The number of nitrogens with one attached hydrogen (secondary N) is 2. The summed E-state index contributed by atoms with van der Waals surface area (Å²) in [5.41, 5.74) is 3.00. The molecule has 0 saturated heterocycles. The van der Waals surface area contributed by atoms with Crippen molar-refractivity contribution in [3.05, 3.63) is 83.7 Å². The lowest BCUT2D eigenvalue weighted by Gasteiger charge is -2.13. The number of methoxy groups -OCH3 is 2. The third-order valence-electron chi connectivity index (χ3n) is 4.45. The van der Waals surface area contributed by atoms with E-state index in [1.165, 1.54) is 26.4 Å². The van der Waals surface area contributed by atoms with Crippen LogP contribution in [0.15, 0.2) is 66.7 Å². The van der Waals surface area contributed by atoms with Crippen LogP contribution in [0.3, 0.4) is 0 Å². The first-order valence-electron chi connectivity index (χ1n) is 9.21. The van der Waals surface area contributed by atoms with Gasteiger partial charge in [0.1, 0.15) is 22.9 Å².